The Hall–Kier alpha value is -2.78. The van der Waals surface area contributed by atoms with Gasteiger partial charge in [-0.15, -0.1) is 11.3 Å². The van der Waals surface area contributed by atoms with Gasteiger partial charge in [-0.05, 0) is 61.2 Å². The number of benzene rings is 2. The molecule has 0 radical (unpaired) electrons. The van der Waals surface area contributed by atoms with Crippen LogP contribution in [0.25, 0.3) is 0 Å². The molecule has 0 atom stereocenters. The molecule has 164 valence electrons. The molecule has 1 amide bonds. The highest BCUT2D eigenvalue weighted by atomic mass is 32.2. The molecule has 31 heavy (non-hydrogen) atoms. The van der Waals surface area contributed by atoms with E-state index in [2.05, 4.69) is 21.9 Å². The van der Waals surface area contributed by atoms with Gasteiger partial charge in [0.1, 0.15) is 5.82 Å². The molecule has 1 heterocycles. The Bertz CT molecular complexity index is 1110. The average Bonchev–Trinajstić information content (AvgIpc) is 3.18. The van der Waals surface area contributed by atoms with Crippen molar-refractivity contribution in [3.05, 3.63) is 71.0 Å². The van der Waals surface area contributed by atoms with Crippen LogP contribution in [0.3, 0.4) is 0 Å². The van der Waals surface area contributed by atoms with Gasteiger partial charge in [0.15, 0.2) is 5.13 Å². The van der Waals surface area contributed by atoms with Crippen LogP contribution in [0.2, 0.25) is 0 Å². The number of hydrogen-bond donors (Lipinski definition) is 2. The van der Waals surface area contributed by atoms with Gasteiger partial charge in [-0.1, -0.05) is 25.5 Å². The van der Waals surface area contributed by atoms with E-state index in [9.17, 15) is 17.6 Å². The van der Waals surface area contributed by atoms with E-state index < -0.39 is 15.8 Å². The summed E-state index contributed by atoms with van der Waals surface area (Å²) in [5, 5.41) is 4.76. The Morgan fingerprint density at radius 2 is 1.77 bits per heavy atom. The molecule has 0 spiro atoms. The number of aryl methyl sites for hydroxylation is 2. The third kappa shape index (κ3) is 6.86. The number of thiazole rings is 1. The number of hydrogen-bond acceptors (Lipinski definition) is 5. The summed E-state index contributed by atoms with van der Waals surface area (Å²) in [5.41, 5.74) is 2.61. The molecule has 3 aromatic rings. The molecule has 0 unspecified atom stereocenters. The minimum absolute atomic E-state index is 0.0502. The smallest absolute Gasteiger partial charge is 0.263 e. The van der Waals surface area contributed by atoms with E-state index >= 15 is 0 Å². The Balaban J connectivity index is 1.50. The predicted octanol–water partition coefficient (Wildman–Crippen LogP) is 5.00. The van der Waals surface area contributed by atoms with E-state index in [1.807, 2.05) is 24.3 Å². The number of unbranched alkanes of at least 4 members (excludes halogenated alkanes) is 1. The van der Waals surface area contributed by atoms with Gasteiger partial charge in [-0.3, -0.25) is 9.52 Å². The van der Waals surface area contributed by atoms with Crippen LogP contribution in [-0.2, 0) is 27.7 Å². The number of anilines is 2. The fourth-order valence-electron chi connectivity index (χ4n) is 2.86. The molecule has 2 aromatic carbocycles. The lowest BCUT2D eigenvalue weighted by molar-refractivity contribution is -0.116. The van der Waals surface area contributed by atoms with Crippen molar-refractivity contribution in [1.29, 1.82) is 0 Å². The van der Waals surface area contributed by atoms with Gasteiger partial charge >= 0.3 is 0 Å². The molecule has 2 N–H and O–H groups in total. The first-order valence-electron chi connectivity index (χ1n) is 9.97. The number of rotatable bonds is 10. The van der Waals surface area contributed by atoms with Crippen LogP contribution in [-0.4, -0.2) is 19.3 Å². The number of carbonyl (C=O) groups excluding carboxylic acids is 1. The first-order chi connectivity index (χ1) is 14.9. The van der Waals surface area contributed by atoms with Gasteiger partial charge in [0.05, 0.1) is 10.6 Å². The summed E-state index contributed by atoms with van der Waals surface area (Å²) in [5.74, 6) is -0.649. The second kappa shape index (κ2) is 10.5. The van der Waals surface area contributed by atoms with E-state index in [1.165, 1.54) is 17.7 Å². The van der Waals surface area contributed by atoms with Crippen molar-refractivity contribution in [3.8, 4) is 0 Å². The van der Waals surface area contributed by atoms with Crippen molar-refractivity contribution in [2.24, 2.45) is 0 Å². The Morgan fingerprint density at radius 3 is 2.45 bits per heavy atom. The van der Waals surface area contributed by atoms with E-state index in [1.54, 1.807) is 5.38 Å². The highest BCUT2D eigenvalue weighted by Crippen LogP contribution is 2.21. The first-order valence-corrected chi connectivity index (χ1v) is 12.3. The molecular weight excluding hydrogens is 437 g/mol. The summed E-state index contributed by atoms with van der Waals surface area (Å²) >= 11 is 1.13. The number of nitrogens with one attached hydrogen (secondary N) is 2. The fourth-order valence-corrected chi connectivity index (χ4v) is 4.85. The lowest BCUT2D eigenvalue weighted by Gasteiger charge is -2.06. The standard InChI is InChI=1S/C22H24FN3O3S2/c1-2-3-4-16-5-9-18(10-6-16)24-21(27)14-11-19-15-30-22(25-19)26-31(28,29)20-12-7-17(23)8-13-20/h5-10,12-13,15H,2-4,11,14H2,1H3,(H,24,27)(H,25,26). The van der Waals surface area contributed by atoms with Crippen molar-refractivity contribution >= 4 is 38.1 Å². The highest BCUT2D eigenvalue weighted by Gasteiger charge is 2.16. The summed E-state index contributed by atoms with van der Waals surface area (Å²) in [6, 6.07) is 12.4. The number of sulfonamides is 1. The van der Waals surface area contributed by atoms with Gasteiger partial charge in [0.2, 0.25) is 5.91 Å². The third-order valence-corrected chi connectivity index (χ3v) is 6.85. The van der Waals surface area contributed by atoms with E-state index in [4.69, 9.17) is 0 Å². The molecule has 0 aliphatic rings. The van der Waals surface area contributed by atoms with Gasteiger partial charge in [-0.25, -0.2) is 17.8 Å². The molecule has 6 nitrogen and oxygen atoms in total. The number of carbonyl (C=O) groups is 1. The summed E-state index contributed by atoms with van der Waals surface area (Å²) in [4.78, 5) is 16.4. The van der Waals surface area contributed by atoms with E-state index in [-0.39, 0.29) is 22.4 Å². The van der Waals surface area contributed by atoms with E-state index in [0.717, 1.165) is 48.4 Å². The van der Waals surface area contributed by atoms with Crippen molar-refractivity contribution < 1.29 is 17.6 Å². The van der Waals surface area contributed by atoms with Crippen LogP contribution in [0.4, 0.5) is 15.2 Å². The molecule has 0 saturated heterocycles. The van der Waals surface area contributed by atoms with Crippen LogP contribution in [0.15, 0.2) is 58.8 Å². The summed E-state index contributed by atoms with van der Waals surface area (Å²) in [6.07, 6.45) is 3.92. The maximum absolute atomic E-state index is 13.0. The van der Waals surface area contributed by atoms with Crippen LogP contribution in [0.5, 0.6) is 0 Å². The number of aromatic nitrogens is 1. The van der Waals surface area contributed by atoms with Crippen LogP contribution >= 0.6 is 11.3 Å². The molecule has 0 bridgehead atoms. The molecule has 9 heteroatoms. The van der Waals surface area contributed by atoms with Crippen molar-refractivity contribution in [2.75, 3.05) is 10.0 Å². The highest BCUT2D eigenvalue weighted by molar-refractivity contribution is 7.93. The Morgan fingerprint density at radius 1 is 1.06 bits per heavy atom. The van der Waals surface area contributed by atoms with Crippen LogP contribution in [0.1, 0.15) is 37.4 Å². The summed E-state index contributed by atoms with van der Waals surface area (Å²) in [7, 11) is -3.85. The molecule has 3 rings (SSSR count). The second-order valence-corrected chi connectivity index (χ2v) is 9.59. The number of amides is 1. The minimum atomic E-state index is -3.85. The third-order valence-electron chi connectivity index (χ3n) is 4.56. The van der Waals surface area contributed by atoms with Crippen molar-refractivity contribution in [3.63, 3.8) is 0 Å². The fraction of sp³-hybridized carbons (Fsp3) is 0.273. The zero-order valence-electron chi connectivity index (χ0n) is 17.1. The second-order valence-electron chi connectivity index (χ2n) is 7.05. The maximum Gasteiger partial charge on any atom is 0.263 e. The van der Waals surface area contributed by atoms with Gasteiger partial charge in [0, 0.05) is 17.5 Å². The number of halogens is 1. The molecule has 0 aliphatic carbocycles. The summed E-state index contributed by atoms with van der Waals surface area (Å²) in [6.45, 7) is 2.15. The topological polar surface area (TPSA) is 88.2 Å². The predicted molar refractivity (Wildman–Crippen MR) is 121 cm³/mol. The number of nitrogens with zero attached hydrogens (tertiary/aromatic N) is 1. The van der Waals surface area contributed by atoms with Gasteiger partial charge in [-0.2, -0.15) is 0 Å². The van der Waals surface area contributed by atoms with Gasteiger partial charge < -0.3 is 5.32 Å². The Labute approximate surface area is 185 Å². The van der Waals surface area contributed by atoms with Crippen LogP contribution < -0.4 is 10.0 Å². The zero-order valence-corrected chi connectivity index (χ0v) is 18.7. The first kappa shape index (κ1) is 22.9. The molecule has 0 saturated carbocycles. The summed E-state index contributed by atoms with van der Waals surface area (Å²) < 4.78 is 40.1. The van der Waals surface area contributed by atoms with Crippen LogP contribution in [0, 0.1) is 5.82 Å². The monoisotopic (exact) mass is 461 g/mol. The van der Waals surface area contributed by atoms with Gasteiger partial charge in [0.25, 0.3) is 10.0 Å². The SMILES string of the molecule is CCCCc1ccc(NC(=O)CCc2csc(NS(=O)(=O)c3ccc(F)cc3)n2)cc1. The van der Waals surface area contributed by atoms with E-state index in [0.29, 0.717) is 12.1 Å². The van der Waals surface area contributed by atoms with Crippen molar-refractivity contribution in [1.82, 2.24) is 4.98 Å². The van der Waals surface area contributed by atoms with Crippen molar-refractivity contribution in [2.45, 2.75) is 43.9 Å². The lowest BCUT2D eigenvalue weighted by atomic mass is 10.1. The zero-order chi connectivity index (χ0) is 22.3. The lowest BCUT2D eigenvalue weighted by Crippen LogP contribution is -2.13. The average molecular weight is 462 g/mol. The molecule has 0 aliphatic heterocycles. The minimum Gasteiger partial charge on any atom is -0.326 e. The quantitative estimate of drug-likeness (QED) is 0.445. The maximum atomic E-state index is 13.0. The molecule has 1 aromatic heterocycles. The molecule has 0 fully saturated rings. The molecular formula is C22H24FN3O3S2. The Kier molecular flexibility index (Phi) is 7.75. The normalized spacial score (nSPS) is 11.3. The largest absolute Gasteiger partial charge is 0.326 e.